The number of carbonyl (C=O) groups excluding carboxylic acids is 2. The molecule has 3 aromatic rings. The minimum atomic E-state index is -3.55. The molecule has 0 heterocycles. The van der Waals surface area contributed by atoms with Crippen molar-refractivity contribution >= 4 is 27.5 Å². The van der Waals surface area contributed by atoms with Crippen molar-refractivity contribution in [2.24, 2.45) is 0 Å². The standard InChI is InChI=1S/C34H45N3O4S/c1-5-7-23-35-34(39)32(25-29-12-9-8-10-13-29)36(26-30-17-15-27(3)16-18-30)33(38)14-11-24-37(42(4,40)41)31-21-19-28(6-2)20-22-31/h8-10,12-13,15-22,32H,5-7,11,14,23-26H2,1-4H3,(H,35,39). The number of nitrogens with zero attached hydrogens (tertiary/aromatic N) is 2. The van der Waals surface area contributed by atoms with Gasteiger partial charge in [0.05, 0.1) is 11.9 Å². The Morgan fingerprint density at radius 3 is 2.07 bits per heavy atom. The van der Waals surface area contributed by atoms with Gasteiger partial charge in [0.15, 0.2) is 0 Å². The van der Waals surface area contributed by atoms with Crippen LogP contribution in [0.3, 0.4) is 0 Å². The van der Waals surface area contributed by atoms with E-state index in [1.54, 1.807) is 4.90 Å². The third-order valence-corrected chi connectivity index (χ3v) is 8.55. The van der Waals surface area contributed by atoms with E-state index in [9.17, 15) is 18.0 Å². The van der Waals surface area contributed by atoms with Gasteiger partial charge in [0.1, 0.15) is 6.04 Å². The fraction of sp³-hybridized carbons (Fsp3) is 0.412. The predicted octanol–water partition coefficient (Wildman–Crippen LogP) is 5.66. The molecule has 3 aromatic carbocycles. The van der Waals surface area contributed by atoms with E-state index in [0.717, 1.165) is 41.5 Å². The molecule has 0 aliphatic heterocycles. The number of aryl methyl sites for hydroxylation is 2. The lowest BCUT2D eigenvalue weighted by atomic mass is 10.0. The summed E-state index contributed by atoms with van der Waals surface area (Å²) in [5.74, 6) is -0.363. The summed E-state index contributed by atoms with van der Waals surface area (Å²) < 4.78 is 26.7. The number of carbonyl (C=O) groups is 2. The van der Waals surface area contributed by atoms with Gasteiger partial charge in [-0.2, -0.15) is 0 Å². The monoisotopic (exact) mass is 591 g/mol. The van der Waals surface area contributed by atoms with E-state index in [-0.39, 0.29) is 31.3 Å². The molecule has 0 spiro atoms. The number of benzene rings is 3. The van der Waals surface area contributed by atoms with Crippen LogP contribution in [0, 0.1) is 6.92 Å². The highest BCUT2D eigenvalue weighted by molar-refractivity contribution is 7.92. The first kappa shape index (κ1) is 32.9. The Hall–Kier alpha value is -3.65. The third-order valence-electron chi connectivity index (χ3n) is 7.36. The number of anilines is 1. The summed E-state index contributed by atoms with van der Waals surface area (Å²) in [6.07, 6.45) is 4.67. The maximum absolute atomic E-state index is 13.9. The van der Waals surface area contributed by atoms with Gasteiger partial charge in [-0.1, -0.05) is 92.6 Å². The van der Waals surface area contributed by atoms with Gasteiger partial charge in [0.25, 0.3) is 0 Å². The number of rotatable bonds is 16. The molecular weight excluding hydrogens is 546 g/mol. The highest BCUT2D eigenvalue weighted by atomic mass is 32.2. The molecule has 0 saturated heterocycles. The maximum Gasteiger partial charge on any atom is 0.243 e. The molecule has 0 aliphatic carbocycles. The second kappa shape index (κ2) is 16.1. The van der Waals surface area contributed by atoms with Crippen molar-refractivity contribution in [3.05, 3.63) is 101 Å². The SMILES string of the molecule is CCCCNC(=O)C(Cc1ccccc1)N(Cc1ccc(C)cc1)C(=O)CCCN(c1ccc(CC)cc1)S(C)(=O)=O. The first-order valence-corrected chi connectivity index (χ1v) is 16.7. The lowest BCUT2D eigenvalue weighted by molar-refractivity contribution is -0.141. The fourth-order valence-corrected chi connectivity index (χ4v) is 5.82. The van der Waals surface area contributed by atoms with E-state index in [2.05, 4.69) is 12.2 Å². The summed E-state index contributed by atoms with van der Waals surface area (Å²) in [7, 11) is -3.55. The van der Waals surface area contributed by atoms with Crippen LogP contribution in [0.4, 0.5) is 5.69 Å². The molecule has 1 unspecified atom stereocenters. The Balaban J connectivity index is 1.85. The normalized spacial score (nSPS) is 12.0. The lowest BCUT2D eigenvalue weighted by Crippen LogP contribution is -2.50. The molecule has 0 aliphatic rings. The van der Waals surface area contributed by atoms with Gasteiger partial charge in [-0.25, -0.2) is 8.42 Å². The number of sulfonamides is 1. The Labute approximate surface area is 252 Å². The molecule has 1 atom stereocenters. The summed E-state index contributed by atoms with van der Waals surface area (Å²) in [4.78, 5) is 29.1. The molecule has 3 rings (SSSR count). The molecule has 1 N–H and O–H groups in total. The molecule has 0 aromatic heterocycles. The number of hydrogen-bond acceptors (Lipinski definition) is 4. The van der Waals surface area contributed by atoms with Gasteiger partial charge in [-0.15, -0.1) is 0 Å². The van der Waals surface area contributed by atoms with E-state index >= 15 is 0 Å². The Morgan fingerprint density at radius 1 is 0.833 bits per heavy atom. The van der Waals surface area contributed by atoms with E-state index in [4.69, 9.17) is 0 Å². The van der Waals surface area contributed by atoms with E-state index < -0.39 is 16.1 Å². The Morgan fingerprint density at radius 2 is 1.48 bits per heavy atom. The topological polar surface area (TPSA) is 86.8 Å². The fourth-order valence-electron chi connectivity index (χ4n) is 4.85. The van der Waals surface area contributed by atoms with Crippen molar-refractivity contribution in [2.45, 2.75) is 71.9 Å². The largest absolute Gasteiger partial charge is 0.354 e. The van der Waals surface area contributed by atoms with Gasteiger partial charge in [0.2, 0.25) is 21.8 Å². The van der Waals surface area contributed by atoms with Crippen molar-refractivity contribution < 1.29 is 18.0 Å². The number of amides is 2. The first-order valence-electron chi connectivity index (χ1n) is 14.9. The first-order chi connectivity index (χ1) is 20.1. The Bertz CT molecular complexity index is 1370. The van der Waals surface area contributed by atoms with Gasteiger partial charge in [-0.05, 0) is 55.0 Å². The summed E-state index contributed by atoms with van der Waals surface area (Å²) in [5, 5.41) is 3.04. The summed E-state index contributed by atoms with van der Waals surface area (Å²) in [6.45, 7) is 7.13. The summed E-state index contributed by atoms with van der Waals surface area (Å²) in [6, 6.07) is 24.4. The quantitative estimate of drug-likeness (QED) is 0.218. The lowest BCUT2D eigenvalue weighted by Gasteiger charge is -2.32. The number of hydrogen-bond donors (Lipinski definition) is 1. The van der Waals surface area contributed by atoms with Gasteiger partial charge in [-0.3, -0.25) is 13.9 Å². The number of nitrogens with one attached hydrogen (secondary N) is 1. The zero-order chi connectivity index (χ0) is 30.5. The van der Waals surface area contributed by atoms with Crippen molar-refractivity contribution in [3.63, 3.8) is 0 Å². The smallest absolute Gasteiger partial charge is 0.243 e. The molecule has 0 fully saturated rings. The van der Waals surface area contributed by atoms with Crippen LogP contribution in [0.25, 0.3) is 0 Å². The molecule has 0 saturated carbocycles. The van der Waals surface area contributed by atoms with Gasteiger partial charge >= 0.3 is 0 Å². The highest BCUT2D eigenvalue weighted by Gasteiger charge is 2.30. The van der Waals surface area contributed by atoms with Crippen LogP contribution in [-0.4, -0.2) is 50.5 Å². The Kier molecular flexibility index (Phi) is 12.6. The summed E-state index contributed by atoms with van der Waals surface area (Å²) >= 11 is 0. The van der Waals surface area contributed by atoms with Crippen LogP contribution >= 0.6 is 0 Å². The van der Waals surface area contributed by atoms with Gasteiger partial charge in [0, 0.05) is 32.5 Å². The maximum atomic E-state index is 13.9. The minimum absolute atomic E-state index is 0.110. The predicted molar refractivity (Wildman–Crippen MR) is 171 cm³/mol. The summed E-state index contributed by atoms with van der Waals surface area (Å²) in [5.41, 5.74) is 4.71. The zero-order valence-electron chi connectivity index (χ0n) is 25.4. The zero-order valence-corrected chi connectivity index (χ0v) is 26.2. The number of unbranched alkanes of at least 4 members (excludes halogenated alkanes) is 1. The molecular formula is C34H45N3O4S. The van der Waals surface area contributed by atoms with Crippen LogP contribution in [0.5, 0.6) is 0 Å². The molecule has 0 bridgehead atoms. The molecule has 0 radical (unpaired) electrons. The second-order valence-electron chi connectivity index (χ2n) is 10.8. The van der Waals surface area contributed by atoms with Crippen molar-refractivity contribution in [2.75, 3.05) is 23.7 Å². The minimum Gasteiger partial charge on any atom is -0.354 e. The van der Waals surface area contributed by atoms with E-state index in [1.807, 2.05) is 92.7 Å². The van der Waals surface area contributed by atoms with Crippen LogP contribution < -0.4 is 9.62 Å². The van der Waals surface area contributed by atoms with Crippen molar-refractivity contribution in [1.82, 2.24) is 10.2 Å². The molecule has 226 valence electrons. The highest BCUT2D eigenvalue weighted by Crippen LogP contribution is 2.21. The molecule has 2 amide bonds. The second-order valence-corrected chi connectivity index (χ2v) is 12.7. The van der Waals surface area contributed by atoms with Gasteiger partial charge < -0.3 is 10.2 Å². The average molecular weight is 592 g/mol. The van der Waals surface area contributed by atoms with Crippen molar-refractivity contribution in [3.8, 4) is 0 Å². The molecule has 8 heteroatoms. The van der Waals surface area contributed by atoms with Crippen LogP contribution in [0.15, 0.2) is 78.9 Å². The van der Waals surface area contributed by atoms with Crippen LogP contribution in [0.1, 0.15) is 61.8 Å². The van der Waals surface area contributed by atoms with E-state index in [1.165, 1.54) is 10.6 Å². The molecule has 42 heavy (non-hydrogen) atoms. The van der Waals surface area contributed by atoms with Crippen LogP contribution in [0.2, 0.25) is 0 Å². The van der Waals surface area contributed by atoms with E-state index in [0.29, 0.717) is 25.1 Å². The van der Waals surface area contributed by atoms with Crippen LogP contribution in [-0.2, 0) is 39.0 Å². The van der Waals surface area contributed by atoms with Crippen molar-refractivity contribution in [1.29, 1.82) is 0 Å². The molecule has 7 nitrogen and oxygen atoms in total. The average Bonchev–Trinajstić information content (AvgIpc) is 2.98. The third kappa shape index (κ3) is 10.0.